The fourth-order valence-corrected chi connectivity index (χ4v) is 3.40. The van der Waals surface area contributed by atoms with Gasteiger partial charge in [0.15, 0.2) is 0 Å². The van der Waals surface area contributed by atoms with Crippen molar-refractivity contribution >= 4 is 17.5 Å². The standard InChI is InChI=1S/C28H24FN5O/c1-30-27-11-5-21(19-33-27)12-17-32-28(35)34-25-9-10-26(22-13-15-31-16-14-22)23(18-25)6-2-20-3-7-24(29)8-4-20/h3-5,7-11,13-16,18-19H,12,17H2,1H3,(H,30,33)(H2,32,34,35). The molecule has 0 aliphatic rings. The van der Waals surface area contributed by atoms with Crippen molar-refractivity contribution in [3.8, 4) is 23.0 Å². The number of urea groups is 1. The van der Waals surface area contributed by atoms with Crippen molar-refractivity contribution in [3.05, 3.63) is 108 Å². The summed E-state index contributed by atoms with van der Waals surface area (Å²) < 4.78 is 13.2. The second-order valence-corrected chi connectivity index (χ2v) is 7.69. The number of hydrogen-bond donors (Lipinski definition) is 3. The number of anilines is 2. The van der Waals surface area contributed by atoms with Gasteiger partial charge in [0.25, 0.3) is 0 Å². The lowest BCUT2D eigenvalue weighted by molar-refractivity contribution is 0.252. The Kier molecular flexibility index (Phi) is 7.66. The summed E-state index contributed by atoms with van der Waals surface area (Å²) >= 11 is 0. The quantitative estimate of drug-likeness (QED) is 0.347. The van der Waals surface area contributed by atoms with Gasteiger partial charge in [-0.3, -0.25) is 4.98 Å². The number of carbonyl (C=O) groups excluding carboxylic acids is 1. The molecule has 0 aliphatic heterocycles. The average Bonchev–Trinajstić information content (AvgIpc) is 2.89. The summed E-state index contributed by atoms with van der Waals surface area (Å²) in [5, 5.41) is 8.71. The molecule has 2 heterocycles. The number of halogens is 1. The third-order valence-electron chi connectivity index (χ3n) is 5.23. The van der Waals surface area contributed by atoms with E-state index in [1.54, 1.807) is 30.7 Å². The smallest absolute Gasteiger partial charge is 0.319 e. The number of amides is 2. The van der Waals surface area contributed by atoms with Crippen molar-refractivity contribution in [3.63, 3.8) is 0 Å². The molecule has 0 fully saturated rings. The molecule has 2 amide bonds. The van der Waals surface area contributed by atoms with Gasteiger partial charge >= 0.3 is 6.03 Å². The fourth-order valence-electron chi connectivity index (χ4n) is 3.40. The monoisotopic (exact) mass is 465 g/mol. The maximum atomic E-state index is 13.2. The van der Waals surface area contributed by atoms with Crippen molar-refractivity contribution in [2.75, 3.05) is 24.2 Å². The Labute approximate surface area is 203 Å². The number of nitrogens with zero attached hydrogens (tertiary/aromatic N) is 2. The molecule has 0 saturated heterocycles. The van der Waals surface area contributed by atoms with Crippen LogP contribution in [0.4, 0.5) is 20.7 Å². The van der Waals surface area contributed by atoms with Gasteiger partial charge in [-0.2, -0.15) is 0 Å². The maximum Gasteiger partial charge on any atom is 0.319 e. The van der Waals surface area contributed by atoms with E-state index in [-0.39, 0.29) is 11.8 Å². The van der Waals surface area contributed by atoms with Crippen LogP contribution in [-0.4, -0.2) is 29.6 Å². The zero-order valence-corrected chi connectivity index (χ0v) is 19.2. The molecule has 0 bridgehead atoms. The second kappa shape index (κ2) is 11.4. The molecule has 0 radical (unpaired) electrons. The first-order chi connectivity index (χ1) is 17.1. The first kappa shape index (κ1) is 23.5. The lowest BCUT2D eigenvalue weighted by Gasteiger charge is -2.11. The minimum absolute atomic E-state index is 0.307. The molecule has 0 spiro atoms. The molecule has 174 valence electrons. The molecular formula is C28H24FN5O. The Morgan fingerprint density at radius 2 is 1.77 bits per heavy atom. The molecule has 0 atom stereocenters. The number of carbonyl (C=O) groups is 1. The van der Waals surface area contributed by atoms with Crippen LogP contribution in [0, 0.1) is 17.7 Å². The molecule has 2 aromatic carbocycles. The molecule has 0 saturated carbocycles. The van der Waals surface area contributed by atoms with Gasteiger partial charge in [0, 0.05) is 49.0 Å². The predicted octanol–water partition coefficient (Wildman–Crippen LogP) is 5.09. The lowest BCUT2D eigenvalue weighted by Crippen LogP contribution is -2.30. The van der Waals surface area contributed by atoms with Crippen LogP contribution < -0.4 is 16.0 Å². The van der Waals surface area contributed by atoms with E-state index in [1.807, 2.05) is 49.5 Å². The van der Waals surface area contributed by atoms with Crippen LogP contribution in [0.25, 0.3) is 11.1 Å². The largest absolute Gasteiger partial charge is 0.373 e. The van der Waals surface area contributed by atoms with E-state index in [4.69, 9.17) is 0 Å². The summed E-state index contributed by atoms with van der Waals surface area (Å²) in [7, 11) is 1.82. The number of hydrogen-bond acceptors (Lipinski definition) is 4. The van der Waals surface area contributed by atoms with Crippen LogP contribution in [0.3, 0.4) is 0 Å². The average molecular weight is 466 g/mol. The third kappa shape index (κ3) is 6.65. The van der Waals surface area contributed by atoms with E-state index >= 15 is 0 Å². The summed E-state index contributed by atoms with van der Waals surface area (Å²) in [4.78, 5) is 20.8. The Balaban J connectivity index is 1.47. The summed E-state index contributed by atoms with van der Waals surface area (Å²) in [5.41, 5.74) is 4.94. The molecule has 7 heteroatoms. The van der Waals surface area contributed by atoms with Gasteiger partial charge in [-0.15, -0.1) is 0 Å². The summed E-state index contributed by atoms with van der Waals surface area (Å²) in [6.45, 7) is 0.471. The van der Waals surface area contributed by atoms with Crippen molar-refractivity contribution in [2.45, 2.75) is 6.42 Å². The Bertz CT molecular complexity index is 1340. The van der Waals surface area contributed by atoms with Crippen molar-refractivity contribution in [1.29, 1.82) is 0 Å². The molecule has 4 aromatic rings. The van der Waals surface area contributed by atoms with Gasteiger partial charge in [0.1, 0.15) is 11.6 Å². The normalized spacial score (nSPS) is 10.1. The number of nitrogens with one attached hydrogen (secondary N) is 3. The van der Waals surface area contributed by atoms with Gasteiger partial charge < -0.3 is 16.0 Å². The molecule has 35 heavy (non-hydrogen) atoms. The van der Waals surface area contributed by atoms with Gasteiger partial charge in [0.2, 0.25) is 0 Å². The number of rotatable bonds is 6. The Morgan fingerprint density at radius 3 is 2.49 bits per heavy atom. The second-order valence-electron chi connectivity index (χ2n) is 7.69. The molecule has 0 aliphatic carbocycles. The highest BCUT2D eigenvalue weighted by Gasteiger charge is 2.08. The Hall–Kier alpha value is -4.70. The fraction of sp³-hybridized carbons (Fsp3) is 0.107. The van der Waals surface area contributed by atoms with E-state index in [9.17, 15) is 9.18 Å². The zero-order valence-electron chi connectivity index (χ0n) is 19.2. The van der Waals surface area contributed by atoms with Crippen LogP contribution in [0.15, 0.2) is 85.3 Å². The predicted molar refractivity (Wildman–Crippen MR) is 137 cm³/mol. The summed E-state index contributed by atoms with van der Waals surface area (Å²) in [6, 6.07) is 18.9. The maximum absolute atomic E-state index is 13.2. The molecule has 3 N–H and O–H groups in total. The van der Waals surface area contributed by atoms with Crippen molar-refractivity contribution in [2.24, 2.45) is 0 Å². The number of aromatic nitrogens is 2. The van der Waals surface area contributed by atoms with Crippen LogP contribution in [0.2, 0.25) is 0 Å². The molecule has 6 nitrogen and oxygen atoms in total. The highest BCUT2D eigenvalue weighted by molar-refractivity contribution is 5.90. The van der Waals surface area contributed by atoms with Crippen LogP contribution in [-0.2, 0) is 6.42 Å². The first-order valence-corrected chi connectivity index (χ1v) is 11.1. The highest BCUT2D eigenvalue weighted by Crippen LogP contribution is 2.26. The lowest BCUT2D eigenvalue weighted by atomic mass is 10.00. The van der Waals surface area contributed by atoms with E-state index in [1.165, 1.54) is 12.1 Å². The van der Waals surface area contributed by atoms with Crippen molar-refractivity contribution in [1.82, 2.24) is 15.3 Å². The molecule has 0 unspecified atom stereocenters. The third-order valence-corrected chi connectivity index (χ3v) is 5.23. The number of benzene rings is 2. The zero-order chi connectivity index (χ0) is 24.5. The van der Waals surface area contributed by atoms with Gasteiger partial charge in [0.05, 0.1) is 0 Å². The highest BCUT2D eigenvalue weighted by atomic mass is 19.1. The van der Waals surface area contributed by atoms with E-state index in [0.29, 0.717) is 24.2 Å². The topological polar surface area (TPSA) is 78.9 Å². The minimum atomic E-state index is -0.309. The van der Waals surface area contributed by atoms with E-state index in [0.717, 1.165) is 28.1 Å². The molecule has 2 aromatic heterocycles. The Morgan fingerprint density at radius 1 is 0.971 bits per heavy atom. The van der Waals surface area contributed by atoms with Crippen LogP contribution in [0.5, 0.6) is 0 Å². The van der Waals surface area contributed by atoms with E-state index in [2.05, 4.69) is 37.8 Å². The van der Waals surface area contributed by atoms with Gasteiger partial charge in [-0.05, 0) is 77.7 Å². The molecule has 4 rings (SSSR count). The van der Waals surface area contributed by atoms with E-state index < -0.39 is 0 Å². The summed E-state index contributed by atoms with van der Waals surface area (Å²) in [5.74, 6) is 6.72. The van der Waals surface area contributed by atoms with Crippen LogP contribution in [0.1, 0.15) is 16.7 Å². The first-order valence-electron chi connectivity index (χ1n) is 11.1. The summed E-state index contributed by atoms with van der Waals surface area (Å²) in [6.07, 6.45) is 5.89. The van der Waals surface area contributed by atoms with Crippen molar-refractivity contribution < 1.29 is 9.18 Å². The van der Waals surface area contributed by atoms with Crippen LogP contribution >= 0.6 is 0 Å². The molecular weight excluding hydrogens is 441 g/mol. The number of pyridine rings is 2. The SMILES string of the molecule is CNc1ccc(CCNC(=O)Nc2ccc(-c3ccncc3)c(C#Cc3ccc(F)cc3)c2)cn1. The van der Waals surface area contributed by atoms with Gasteiger partial charge in [-0.25, -0.2) is 14.2 Å². The van der Waals surface area contributed by atoms with Gasteiger partial charge in [-0.1, -0.05) is 24.0 Å². The minimum Gasteiger partial charge on any atom is -0.373 e.